The second-order valence-corrected chi connectivity index (χ2v) is 13.6. The molecule has 1 saturated carbocycles. The summed E-state index contributed by atoms with van der Waals surface area (Å²) >= 11 is 0. The van der Waals surface area contributed by atoms with Crippen LogP contribution in [0.5, 0.6) is 0 Å². The molecule has 1 fully saturated rings. The monoisotopic (exact) mass is 624 g/mol. The summed E-state index contributed by atoms with van der Waals surface area (Å²) in [5.41, 5.74) is 5.50. The highest BCUT2D eigenvalue weighted by Gasteiger charge is 2.31. The summed E-state index contributed by atoms with van der Waals surface area (Å²) in [6, 6.07) is 15.3. The lowest BCUT2D eigenvalue weighted by Gasteiger charge is -2.29. The predicted octanol–water partition coefficient (Wildman–Crippen LogP) is 6.75. The molecule has 3 N–H and O–H groups in total. The number of Topliss-reactive ketones (excluding diaryl/α,β-unsaturated/α-hetero) is 2. The molecule has 1 aliphatic heterocycles. The summed E-state index contributed by atoms with van der Waals surface area (Å²) in [6.45, 7) is 8.29. The van der Waals surface area contributed by atoms with Crippen LogP contribution in [0.25, 0.3) is 11.1 Å². The number of alkyl carbamates (subject to hydrolysis) is 1. The van der Waals surface area contributed by atoms with Crippen molar-refractivity contribution in [2.24, 2.45) is 17.8 Å². The second-order valence-electron chi connectivity index (χ2n) is 13.6. The minimum absolute atomic E-state index is 0.0241. The number of nitrogens with one attached hydrogen (secondary N) is 3. The number of ether oxygens (including phenoxy) is 1. The third-order valence-electron chi connectivity index (χ3n) is 8.82. The Labute approximate surface area is 270 Å². The molecule has 0 unspecified atom stereocenters. The number of ketones is 2. The van der Waals surface area contributed by atoms with Crippen molar-refractivity contribution in [2.45, 2.75) is 71.8 Å². The van der Waals surface area contributed by atoms with E-state index < -0.39 is 17.6 Å². The van der Waals surface area contributed by atoms with Gasteiger partial charge >= 0.3 is 6.09 Å². The van der Waals surface area contributed by atoms with Crippen molar-refractivity contribution in [3.05, 3.63) is 77.6 Å². The SMILES string of the molecule is Cc1cnccc1-c1cccc(C[C@H](CC(=O)C2CCC(CNC(=O)OC(C)(C)C)CC2)C(=O)Nc2ccc3c(c2)NCC3=O)c1. The van der Waals surface area contributed by atoms with Gasteiger partial charge in [-0.15, -0.1) is 0 Å². The Kier molecular flexibility index (Phi) is 10.2. The van der Waals surface area contributed by atoms with Crippen LogP contribution in [0.15, 0.2) is 60.9 Å². The first-order valence-electron chi connectivity index (χ1n) is 16.2. The number of hydrogen-bond donors (Lipinski definition) is 3. The maximum Gasteiger partial charge on any atom is 0.407 e. The molecule has 1 aromatic heterocycles. The van der Waals surface area contributed by atoms with Crippen molar-refractivity contribution >= 4 is 34.9 Å². The molecule has 2 amide bonds. The summed E-state index contributed by atoms with van der Waals surface area (Å²) in [4.78, 5) is 55.8. The molecule has 9 heteroatoms. The molecule has 0 radical (unpaired) electrons. The van der Waals surface area contributed by atoms with Crippen LogP contribution < -0.4 is 16.0 Å². The number of anilines is 2. The van der Waals surface area contributed by atoms with E-state index in [0.29, 0.717) is 29.9 Å². The van der Waals surface area contributed by atoms with Gasteiger partial charge in [0.1, 0.15) is 11.4 Å². The molecule has 5 rings (SSSR count). The van der Waals surface area contributed by atoms with Gasteiger partial charge in [0, 0.05) is 54.1 Å². The average molecular weight is 625 g/mol. The molecule has 1 aliphatic carbocycles. The van der Waals surface area contributed by atoms with Crippen LogP contribution in [0.1, 0.15) is 74.4 Å². The number of aryl methyl sites for hydroxylation is 1. The average Bonchev–Trinajstić information content (AvgIpc) is 3.39. The minimum Gasteiger partial charge on any atom is -0.444 e. The number of pyridine rings is 1. The maximum absolute atomic E-state index is 13.8. The quantitative estimate of drug-likeness (QED) is 0.228. The molecule has 0 saturated heterocycles. The van der Waals surface area contributed by atoms with E-state index in [4.69, 9.17) is 4.74 Å². The Hall–Kier alpha value is -4.53. The highest BCUT2D eigenvalue weighted by molar-refractivity contribution is 6.09. The molecule has 2 heterocycles. The number of nitrogens with zero attached hydrogens (tertiary/aromatic N) is 1. The van der Waals surface area contributed by atoms with Crippen molar-refractivity contribution < 1.29 is 23.9 Å². The molecular weight excluding hydrogens is 580 g/mol. The van der Waals surface area contributed by atoms with Gasteiger partial charge < -0.3 is 20.7 Å². The summed E-state index contributed by atoms with van der Waals surface area (Å²) in [7, 11) is 0. The van der Waals surface area contributed by atoms with E-state index in [1.54, 1.807) is 24.4 Å². The Morgan fingerprint density at radius 2 is 1.80 bits per heavy atom. The largest absolute Gasteiger partial charge is 0.444 e. The number of amides is 2. The van der Waals surface area contributed by atoms with E-state index in [1.165, 1.54) is 0 Å². The summed E-state index contributed by atoms with van der Waals surface area (Å²) < 4.78 is 5.35. The highest BCUT2D eigenvalue weighted by Crippen LogP contribution is 2.32. The molecule has 0 spiro atoms. The number of carbonyl (C=O) groups is 4. The Bertz CT molecular complexity index is 1600. The summed E-state index contributed by atoms with van der Waals surface area (Å²) in [5.74, 6) is -0.504. The minimum atomic E-state index is -0.573. The molecule has 2 aliphatic rings. The first-order chi connectivity index (χ1) is 21.9. The number of benzene rings is 2. The van der Waals surface area contributed by atoms with Gasteiger partial charge in [-0.1, -0.05) is 24.3 Å². The Morgan fingerprint density at radius 1 is 1.02 bits per heavy atom. The first-order valence-corrected chi connectivity index (χ1v) is 16.2. The molecular formula is C37H44N4O5. The zero-order valence-corrected chi connectivity index (χ0v) is 27.2. The topological polar surface area (TPSA) is 126 Å². The third-order valence-corrected chi connectivity index (χ3v) is 8.82. The number of rotatable bonds is 10. The van der Waals surface area contributed by atoms with E-state index >= 15 is 0 Å². The highest BCUT2D eigenvalue weighted by atomic mass is 16.6. The van der Waals surface area contributed by atoms with Crippen LogP contribution in [0.4, 0.5) is 16.2 Å². The van der Waals surface area contributed by atoms with Crippen LogP contribution in [-0.4, -0.2) is 47.2 Å². The fourth-order valence-electron chi connectivity index (χ4n) is 6.37. The van der Waals surface area contributed by atoms with Gasteiger partial charge in [0.2, 0.25) is 5.91 Å². The smallest absolute Gasteiger partial charge is 0.407 e. The van der Waals surface area contributed by atoms with Gasteiger partial charge in [-0.05, 0) is 112 Å². The van der Waals surface area contributed by atoms with Gasteiger partial charge in [0.25, 0.3) is 0 Å². The van der Waals surface area contributed by atoms with E-state index in [-0.39, 0.29) is 42.3 Å². The number of hydrogen-bond acceptors (Lipinski definition) is 7. The van der Waals surface area contributed by atoms with E-state index in [9.17, 15) is 19.2 Å². The van der Waals surface area contributed by atoms with Crippen molar-refractivity contribution in [1.29, 1.82) is 0 Å². The zero-order valence-electron chi connectivity index (χ0n) is 27.2. The van der Waals surface area contributed by atoms with Crippen molar-refractivity contribution in [1.82, 2.24) is 10.3 Å². The molecule has 9 nitrogen and oxygen atoms in total. The van der Waals surface area contributed by atoms with Crippen LogP contribution in [0.3, 0.4) is 0 Å². The zero-order chi connectivity index (χ0) is 32.8. The van der Waals surface area contributed by atoms with E-state index in [1.807, 2.05) is 58.2 Å². The second kappa shape index (κ2) is 14.3. The third kappa shape index (κ3) is 8.59. The van der Waals surface area contributed by atoms with Crippen LogP contribution >= 0.6 is 0 Å². The number of carbonyl (C=O) groups excluding carboxylic acids is 4. The first kappa shape index (κ1) is 32.9. The van der Waals surface area contributed by atoms with Crippen molar-refractivity contribution in [2.75, 3.05) is 23.7 Å². The molecule has 2 aromatic carbocycles. The van der Waals surface area contributed by atoms with Gasteiger partial charge in [-0.2, -0.15) is 0 Å². The van der Waals surface area contributed by atoms with Crippen LogP contribution in [-0.2, 0) is 20.7 Å². The standard InChI is InChI=1S/C37H44N4O5/c1-23-20-38-15-14-30(23)27-7-5-6-25(16-27)17-28(35(44)41-29-12-13-31-32(19-29)39-22-34(31)43)18-33(42)26-10-8-24(9-11-26)21-40-36(45)46-37(2,3)4/h5-7,12-16,19-20,24,26,28,39H,8-11,17-18,21-22H2,1-4H3,(H,40,45)(H,41,44)/t24?,26?,28-/m1/s1. The lowest BCUT2D eigenvalue weighted by Crippen LogP contribution is -2.37. The van der Waals surface area contributed by atoms with Crippen molar-refractivity contribution in [3.8, 4) is 11.1 Å². The Balaban J connectivity index is 1.26. The lowest BCUT2D eigenvalue weighted by atomic mass is 9.77. The summed E-state index contributed by atoms with van der Waals surface area (Å²) in [6.07, 6.45) is 6.85. The fourth-order valence-corrected chi connectivity index (χ4v) is 6.37. The van der Waals surface area contributed by atoms with Gasteiger partial charge in [-0.25, -0.2) is 4.79 Å². The predicted molar refractivity (Wildman–Crippen MR) is 179 cm³/mol. The lowest BCUT2D eigenvalue weighted by molar-refractivity contribution is -0.129. The number of aromatic nitrogens is 1. The van der Waals surface area contributed by atoms with Gasteiger partial charge in [0.05, 0.1) is 6.54 Å². The van der Waals surface area contributed by atoms with E-state index in [2.05, 4.69) is 27.0 Å². The Morgan fingerprint density at radius 3 is 2.54 bits per heavy atom. The molecule has 3 aromatic rings. The summed E-state index contributed by atoms with van der Waals surface area (Å²) in [5, 5.41) is 8.95. The van der Waals surface area contributed by atoms with Gasteiger partial charge in [-0.3, -0.25) is 19.4 Å². The van der Waals surface area contributed by atoms with E-state index in [0.717, 1.165) is 47.9 Å². The fraction of sp³-hybridized carbons (Fsp3) is 0.432. The maximum atomic E-state index is 13.8. The molecule has 46 heavy (non-hydrogen) atoms. The molecule has 242 valence electrons. The van der Waals surface area contributed by atoms with Crippen molar-refractivity contribution in [3.63, 3.8) is 0 Å². The van der Waals surface area contributed by atoms with Gasteiger partial charge in [0.15, 0.2) is 5.78 Å². The molecule has 0 bridgehead atoms. The normalized spacial score (nSPS) is 18.2. The van der Waals surface area contributed by atoms with Crippen LogP contribution in [0, 0.1) is 24.7 Å². The van der Waals surface area contributed by atoms with Crippen LogP contribution in [0.2, 0.25) is 0 Å². The number of fused-ring (bicyclic) bond motifs is 1. The molecule has 1 atom stereocenters.